The fourth-order valence-electron chi connectivity index (χ4n) is 4.34. The average Bonchev–Trinajstić information content (AvgIpc) is 3.12. The lowest BCUT2D eigenvalue weighted by atomic mass is 9.89. The van der Waals surface area contributed by atoms with Gasteiger partial charge < -0.3 is 20.3 Å². The Morgan fingerprint density at radius 2 is 2.04 bits per heavy atom. The van der Waals surface area contributed by atoms with E-state index in [0.717, 1.165) is 38.4 Å². The minimum absolute atomic E-state index is 0.0263. The van der Waals surface area contributed by atoms with Crippen molar-refractivity contribution >= 4 is 11.9 Å². The molecule has 1 amide bonds. The molecule has 2 fully saturated rings. The minimum atomic E-state index is 0.0263. The molecule has 1 aliphatic heterocycles. The summed E-state index contributed by atoms with van der Waals surface area (Å²) in [7, 11) is 3.55. The highest BCUT2D eigenvalue weighted by Crippen LogP contribution is 2.39. The van der Waals surface area contributed by atoms with Crippen LogP contribution in [0.25, 0.3) is 0 Å². The number of rotatable bonds is 9. The lowest BCUT2D eigenvalue weighted by molar-refractivity contribution is -0.127. The number of unbranched alkanes of at least 4 members (excludes halogenated alkanes) is 1. The molecule has 2 atom stereocenters. The highest BCUT2D eigenvalue weighted by atomic mass is 16.5. The van der Waals surface area contributed by atoms with Gasteiger partial charge in [-0.2, -0.15) is 0 Å². The second kappa shape index (κ2) is 11.6. The zero-order chi connectivity index (χ0) is 20.4. The van der Waals surface area contributed by atoms with Crippen molar-refractivity contribution in [2.24, 2.45) is 10.9 Å². The molecule has 1 saturated heterocycles. The Labute approximate surface area is 171 Å². The van der Waals surface area contributed by atoms with E-state index in [1.54, 1.807) is 19.0 Å². The molecule has 1 saturated carbocycles. The summed E-state index contributed by atoms with van der Waals surface area (Å²) in [4.78, 5) is 18.2. The Kier molecular flexibility index (Phi) is 9.56. The van der Waals surface area contributed by atoms with Crippen LogP contribution in [0, 0.1) is 5.92 Å². The van der Waals surface area contributed by atoms with Crippen molar-refractivity contribution in [3.05, 3.63) is 0 Å². The number of likely N-dealkylation sites (N-methyl/N-ethyl adjacent to an activating group) is 1. The molecule has 0 aromatic rings. The van der Waals surface area contributed by atoms with Gasteiger partial charge in [-0.05, 0) is 38.0 Å². The van der Waals surface area contributed by atoms with Crippen molar-refractivity contribution in [2.75, 3.05) is 33.8 Å². The molecule has 0 radical (unpaired) electrons. The first-order chi connectivity index (χ1) is 13.5. The predicted octanol–water partition coefficient (Wildman–Crippen LogP) is 3.32. The second-order valence-corrected chi connectivity index (χ2v) is 8.82. The van der Waals surface area contributed by atoms with E-state index in [1.165, 1.54) is 44.9 Å². The van der Waals surface area contributed by atoms with Gasteiger partial charge >= 0.3 is 0 Å². The first-order valence-corrected chi connectivity index (χ1v) is 11.4. The molecule has 6 nitrogen and oxygen atoms in total. The number of nitrogens with zero attached hydrogens (tertiary/aromatic N) is 2. The van der Waals surface area contributed by atoms with Crippen molar-refractivity contribution in [2.45, 2.75) is 89.7 Å². The number of aliphatic imine (C=N–C) groups is 1. The number of guanidine groups is 1. The highest BCUT2D eigenvalue weighted by Gasteiger charge is 2.40. The largest absolute Gasteiger partial charge is 0.375 e. The van der Waals surface area contributed by atoms with E-state index < -0.39 is 0 Å². The van der Waals surface area contributed by atoms with Crippen LogP contribution in [0.3, 0.4) is 0 Å². The normalized spacial score (nSPS) is 22.9. The molecule has 2 rings (SSSR count). The molecule has 0 bridgehead atoms. The first kappa shape index (κ1) is 23.0. The van der Waals surface area contributed by atoms with Gasteiger partial charge in [-0.15, -0.1) is 0 Å². The van der Waals surface area contributed by atoms with Crippen molar-refractivity contribution in [1.29, 1.82) is 0 Å². The minimum Gasteiger partial charge on any atom is -0.375 e. The molecule has 162 valence electrons. The quantitative estimate of drug-likeness (QED) is 0.465. The van der Waals surface area contributed by atoms with Crippen LogP contribution in [0.15, 0.2) is 4.99 Å². The van der Waals surface area contributed by atoms with Crippen LogP contribution in [0.1, 0.15) is 78.1 Å². The third-order valence-corrected chi connectivity index (χ3v) is 6.32. The van der Waals surface area contributed by atoms with Gasteiger partial charge in [-0.1, -0.05) is 46.0 Å². The van der Waals surface area contributed by atoms with E-state index in [9.17, 15) is 4.79 Å². The van der Waals surface area contributed by atoms with Crippen LogP contribution in [0.5, 0.6) is 0 Å². The van der Waals surface area contributed by atoms with Crippen LogP contribution >= 0.6 is 0 Å². The SMILES string of the molecule is CCCCC(CC)CNC(=NCC(=O)N(C)C)NC1CCOC2(CCCC2)C1. The average molecular weight is 395 g/mol. The summed E-state index contributed by atoms with van der Waals surface area (Å²) < 4.78 is 6.17. The number of carbonyl (C=O) groups is 1. The van der Waals surface area contributed by atoms with E-state index in [1.807, 2.05) is 0 Å². The monoisotopic (exact) mass is 394 g/mol. The summed E-state index contributed by atoms with van der Waals surface area (Å²) in [5.41, 5.74) is 0.0769. The van der Waals surface area contributed by atoms with Gasteiger partial charge in [-0.3, -0.25) is 4.79 Å². The van der Waals surface area contributed by atoms with Gasteiger partial charge in [-0.25, -0.2) is 4.99 Å². The molecule has 1 aliphatic carbocycles. The second-order valence-electron chi connectivity index (χ2n) is 8.82. The standard InChI is InChI=1S/C22H42N4O2/c1-5-7-10-18(6-2)16-23-21(24-17-20(27)26(3)4)25-19-11-14-28-22(15-19)12-8-9-13-22/h18-19H,5-17H2,1-4H3,(H2,23,24,25). The summed E-state index contributed by atoms with van der Waals surface area (Å²) >= 11 is 0. The van der Waals surface area contributed by atoms with E-state index in [2.05, 4.69) is 29.5 Å². The van der Waals surface area contributed by atoms with Crippen molar-refractivity contribution in [3.63, 3.8) is 0 Å². The Morgan fingerprint density at radius 3 is 2.68 bits per heavy atom. The molecule has 2 unspecified atom stereocenters. The van der Waals surface area contributed by atoms with Crippen LogP contribution < -0.4 is 10.6 Å². The fourth-order valence-corrected chi connectivity index (χ4v) is 4.34. The fraction of sp³-hybridized carbons (Fsp3) is 0.909. The van der Waals surface area contributed by atoms with Gasteiger partial charge in [0, 0.05) is 33.3 Å². The molecule has 1 spiro atoms. The smallest absolute Gasteiger partial charge is 0.243 e. The summed E-state index contributed by atoms with van der Waals surface area (Å²) in [5, 5.41) is 7.15. The van der Waals surface area contributed by atoms with Crippen molar-refractivity contribution in [3.8, 4) is 0 Å². The zero-order valence-corrected chi connectivity index (χ0v) is 18.6. The van der Waals surface area contributed by atoms with Gasteiger partial charge in [0.1, 0.15) is 6.54 Å². The number of hydrogen-bond acceptors (Lipinski definition) is 3. The third kappa shape index (κ3) is 7.26. The van der Waals surface area contributed by atoms with Gasteiger partial charge in [0.2, 0.25) is 5.91 Å². The molecule has 0 aromatic heterocycles. The molecule has 0 aromatic carbocycles. The summed E-state index contributed by atoms with van der Waals surface area (Å²) in [6, 6.07) is 0.364. The summed E-state index contributed by atoms with van der Waals surface area (Å²) in [6.07, 6.45) is 11.9. The molecular formula is C22H42N4O2. The first-order valence-electron chi connectivity index (χ1n) is 11.4. The van der Waals surface area contributed by atoms with Crippen LogP contribution in [-0.4, -0.2) is 62.2 Å². The zero-order valence-electron chi connectivity index (χ0n) is 18.6. The Balaban J connectivity index is 1.96. The van der Waals surface area contributed by atoms with Gasteiger partial charge in [0.25, 0.3) is 0 Å². The van der Waals surface area contributed by atoms with Crippen LogP contribution in [0.2, 0.25) is 0 Å². The summed E-state index contributed by atoms with van der Waals surface area (Å²) in [6.45, 7) is 6.40. The maximum absolute atomic E-state index is 12.0. The van der Waals surface area contributed by atoms with Crippen LogP contribution in [-0.2, 0) is 9.53 Å². The molecule has 28 heavy (non-hydrogen) atoms. The molecule has 2 N–H and O–H groups in total. The molecule has 1 heterocycles. The molecule has 6 heteroatoms. The third-order valence-electron chi connectivity index (χ3n) is 6.32. The maximum atomic E-state index is 12.0. The number of nitrogens with one attached hydrogen (secondary N) is 2. The van der Waals surface area contributed by atoms with E-state index in [4.69, 9.17) is 4.74 Å². The van der Waals surface area contributed by atoms with Crippen molar-refractivity contribution in [1.82, 2.24) is 15.5 Å². The Hall–Kier alpha value is -1.30. The molecular weight excluding hydrogens is 352 g/mol. The number of hydrogen-bond donors (Lipinski definition) is 2. The highest BCUT2D eigenvalue weighted by molar-refractivity contribution is 5.84. The topological polar surface area (TPSA) is 66.0 Å². The summed E-state index contributed by atoms with van der Waals surface area (Å²) in [5.74, 6) is 1.45. The Morgan fingerprint density at radius 1 is 1.29 bits per heavy atom. The van der Waals surface area contributed by atoms with Crippen LogP contribution in [0.4, 0.5) is 0 Å². The Bertz CT molecular complexity index is 501. The maximum Gasteiger partial charge on any atom is 0.243 e. The van der Waals surface area contributed by atoms with E-state index in [0.29, 0.717) is 12.0 Å². The van der Waals surface area contributed by atoms with Gasteiger partial charge in [0.15, 0.2) is 5.96 Å². The number of amides is 1. The molecule has 2 aliphatic rings. The van der Waals surface area contributed by atoms with Gasteiger partial charge in [0.05, 0.1) is 5.60 Å². The van der Waals surface area contributed by atoms with E-state index in [-0.39, 0.29) is 18.1 Å². The number of carbonyl (C=O) groups excluding carboxylic acids is 1. The van der Waals surface area contributed by atoms with Crippen molar-refractivity contribution < 1.29 is 9.53 Å². The predicted molar refractivity (Wildman–Crippen MR) is 116 cm³/mol. The lowest BCUT2D eigenvalue weighted by Crippen LogP contribution is -2.51. The number of ether oxygens (including phenoxy) is 1. The van der Waals surface area contributed by atoms with E-state index >= 15 is 0 Å². The lowest BCUT2D eigenvalue weighted by Gasteiger charge is -2.39.